The second kappa shape index (κ2) is 6.31. The fraction of sp³-hybridized carbons (Fsp3) is 0.235. The van der Waals surface area contributed by atoms with Crippen LogP contribution in [0.3, 0.4) is 0 Å². The third-order valence-corrected chi connectivity index (χ3v) is 4.29. The highest BCUT2D eigenvalue weighted by Crippen LogP contribution is 2.25. The average Bonchev–Trinajstić information content (AvgIpc) is 2.46. The number of phenols is 1. The van der Waals surface area contributed by atoms with Gasteiger partial charge < -0.3 is 10.0 Å². The first-order valence-corrected chi connectivity index (χ1v) is 7.51. The molecule has 0 spiro atoms. The second-order valence-corrected chi connectivity index (χ2v) is 6.02. The Balaban J connectivity index is 2.24. The quantitative estimate of drug-likeness (QED) is 0.899. The Bertz CT molecular complexity index is 652. The van der Waals surface area contributed by atoms with Crippen molar-refractivity contribution in [1.29, 1.82) is 0 Å². The number of carbonyl (C=O) groups is 1. The number of carbonyl (C=O) groups excluding carboxylic acids is 1. The lowest BCUT2D eigenvalue weighted by Crippen LogP contribution is -2.29. The Labute approximate surface area is 133 Å². The number of halogens is 1. The Morgan fingerprint density at radius 1 is 1.19 bits per heavy atom. The molecule has 21 heavy (non-hydrogen) atoms. The van der Waals surface area contributed by atoms with Crippen LogP contribution in [0.5, 0.6) is 5.75 Å². The summed E-state index contributed by atoms with van der Waals surface area (Å²) in [7, 11) is 1.78. The normalized spacial score (nSPS) is 12.0. The van der Waals surface area contributed by atoms with Crippen LogP contribution in [0.2, 0.25) is 0 Å². The lowest BCUT2D eigenvalue weighted by molar-refractivity contribution is 0.0741. The molecular weight excluding hydrogens is 330 g/mol. The van der Waals surface area contributed by atoms with Gasteiger partial charge in [0, 0.05) is 11.5 Å². The minimum Gasteiger partial charge on any atom is -0.508 e. The van der Waals surface area contributed by atoms with E-state index in [9.17, 15) is 9.90 Å². The zero-order valence-electron chi connectivity index (χ0n) is 12.3. The summed E-state index contributed by atoms with van der Waals surface area (Å²) < 4.78 is 0.803. The Kier molecular flexibility index (Phi) is 4.68. The smallest absolute Gasteiger partial charge is 0.255 e. The van der Waals surface area contributed by atoms with Gasteiger partial charge in [-0.1, -0.05) is 18.2 Å². The average molecular weight is 348 g/mol. The first kappa shape index (κ1) is 15.6. The summed E-state index contributed by atoms with van der Waals surface area (Å²) in [6.07, 6.45) is 0. The number of amides is 1. The predicted octanol–water partition coefficient (Wildman–Crippen LogP) is 4.30. The molecule has 3 nitrogen and oxygen atoms in total. The monoisotopic (exact) mass is 347 g/mol. The van der Waals surface area contributed by atoms with Gasteiger partial charge in [0.15, 0.2) is 0 Å². The predicted molar refractivity (Wildman–Crippen MR) is 87.5 cm³/mol. The first-order valence-electron chi connectivity index (χ1n) is 6.72. The van der Waals surface area contributed by atoms with Crippen LogP contribution >= 0.6 is 15.9 Å². The molecule has 0 heterocycles. The van der Waals surface area contributed by atoms with Crippen LogP contribution in [-0.2, 0) is 0 Å². The van der Waals surface area contributed by atoms with E-state index in [2.05, 4.69) is 15.9 Å². The maximum atomic E-state index is 12.6. The number of hydrogen-bond acceptors (Lipinski definition) is 2. The number of benzene rings is 2. The number of aryl methyl sites for hydroxylation is 1. The maximum Gasteiger partial charge on any atom is 0.255 e. The van der Waals surface area contributed by atoms with Gasteiger partial charge in [-0.3, -0.25) is 4.79 Å². The van der Waals surface area contributed by atoms with Gasteiger partial charge in [-0.25, -0.2) is 0 Å². The molecule has 0 aliphatic heterocycles. The molecule has 1 N–H and O–H groups in total. The van der Waals surface area contributed by atoms with E-state index in [1.54, 1.807) is 24.1 Å². The van der Waals surface area contributed by atoms with Gasteiger partial charge in [0.2, 0.25) is 0 Å². The van der Waals surface area contributed by atoms with Crippen LogP contribution in [0.1, 0.15) is 34.5 Å². The fourth-order valence-electron chi connectivity index (χ4n) is 2.14. The highest BCUT2D eigenvalue weighted by molar-refractivity contribution is 9.10. The molecule has 4 heteroatoms. The highest BCUT2D eigenvalue weighted by atomic mass is 79.9. The van der Waals surface area contributed by atoms with E-state index in [0.717, 1.165) is 15.6 Å². The number of aromatic hydroxyl groups is 1. The van der Waals surface area contributed by atoms with E-state index in [1.165, 1.54) is 0 Å². The van der Waals surface area contributed by atoms with E-state index in [0.29, 0.717) is 5.56 Å². The molecular formula is C17H18BrNO2. The van der Waals surface area contributed by atoms with Crippen molar-refractivity contribution in [3.05, 3.63) is 63.6 Å². The highest BCUT2D eigenvalue weighted by Gasteiger charge is 2.20. The Morgan fingerprint density at radius 2 is 1.81 bits per heavy atom. The summed E-state index contributed by atoms with van der Waals surface area (Å²) in [6.45, 7) is 3.95. The number of rotatable bonds is 3. The summed E-state index contributed by atoms with van der Waals surface area (Å²) in [6, 6.07) is 12.5. The summed E-state index contributed by atoms with van der Waals surface area (Å²) in [5.74, 6) is 0.184. The largest absolute Gasteiger partial charge is 0.508 e. The lowest BCUT2D eigenvalue weighted by Gasteiger charge is -2.26. The third-order valence-electron chi connectivity index (χ3n) is 3.63. The van der Waals surface area contributed by atoms with Gasteiger partial charge in [-0.2, -0.15) is 0 Å². The zero-order chi connectivity index (χ0) is 15.6. The standard InChI is InChI=1S/C17H18BrNO2/c1-11-4-9-15(16(18)10-11)17(21)19(3)12(2)13-5-7-14(20)8-6-13/h4-10,12,20H,1-3H3. The van der Waals surface area contributed by atoms with E-state index in [1.807, 2.05) is 44.2 Å². The van der Waals surface area contributed by atoms with Gasteiger partial charge >= 0.3 is 0 Å². The summed E-state index contributed by atoms with van der Waals surface area (Å²) in [4.78, 5) is 14.3. The van der Waals surface area contributed by atoms with Crippen LogP contribution < -0.4 is 0 Å². The summed E-state index contributed by atoms with van der Waals surface area (Å²) in [5, 5.41) is 9.34. The van der Waals surface area contributed by atoms with Crippen molar-refractivity contribution in [1.82, 2.24) is 4.90 Å². The van der Waals surface area contributed by atoms with Crippen LogP contribution in [0.25, 0.3) is 0 Å². The van der Waals surface area contributed by atoms with Crippen LogP contribution in [0.15, 0.2) is 46.9 Å². The van der Waals surface area contributed by atoms with E-state index < -0.39 is 0 Å². The van der Waals surface area contributed by atoms with Crippen molar-refractivity contribution in [2.75, 3.05) is 7.05 Å². The molecule has 1 amide bonds. The van der Waals surface area contributed by atoms with Gasteiger partial charge in [0.1, 0.15) is 5.75 Å². The third kappa shape index (κ3) is 3.45. The summed E-state index contributed by atoms with van der Waals surface area (Å²) in [5.41, 5.74) is 2.73. The van der Waals surface area contributed by atoms with E-state index in [-0.39, 0.29) is 17.7 Å². The molecule has 0 saturated carbocycles. The molecule has 0 aliphatic rings. The molecule has 2 aromatic rings. The molecule has 0 radical (unpaired) electrons. The second-order valence-electron chi connectivity index (χ2n) is 5.17. The van der Waals surface area contributed by atoms with Gasteiger partial charge in [-0.05, 0) is 65.2 Å². The maximum absolute atomic E-state index is 12.6. The molecule has 0 saturated heterocycles. The van der Waals surface area contributed by atoms with Crippen molar-refractivity contribution in [2.24, 2.45) is 0 Å². The molecule has 110 valence electrons. The molecule has 1 atom stereocenters. The number of hydrogen-bond donors (Lipinski definition) is 1. The van der Waals surface area contributed by atoms with E-state index in [4.69, 9.17) is 0 Å². The molecule has 0 fully saturated rings. The number of nitrogens with zero attached hydrogens (tertiary/aromatic N) is 1. The molecule has 2 rings (SSSR count). The minimum absolute atomic E-state index is 0.0394. The summed E-state index contributed by atoms with van der Waals surface area (Å²) >= 11 is 3.45. The molecule has 0 bridgehead atoms. The van der Waals surface area contributed by atoms with Crippen molar-refractivity contribution in [3.63, 3.8) is 0 Å². The SMILES string of the molecule is Cc1ccc(C(=O)N(C)C(C)c2ccc(O)cc2)c(Br)c1. The molecule has 1 unspecified atom stereocenters. The van der Waals surface area contributed by atoms with E-state index >= 15 is 0 Å². The van der Waals surface area contributed by atoms with Crippen molar-refractivity contribution >= 4 is 21.8 Å². The van der Waals surface area contributed by atoms with Crippen LogP contribution in [0, 0.1) is 6.92 Å². The number of phenolic OH excluding ortho intramolecular Hbond substituents is 1. The minimum atomic E-state index is -0.0775. The van der Waals surface area contributed by atoms with Gasteiger partial charge in [-0.15, -0.1) is 0 Å². The van der Waals surface area contributed by atoms with Crippen LogP contribution in [0.4, 0.5) is 0 Å². The van der Waals surface area contributed by atoms with Crippen molar-refractivity contribution in [3.8, 4) is 5.75 Å². The Morgan fingerprint density at radius 3 is 2.38 bits per heavy atom. The molecule has 0 aromatic heterocycles. The molecule has 0 aliphatic carbocycles. The van der Waals surface area contributed by atoms with Crippen molar-refractivity contribution < 1.29 is 9.90 Å². The molecule has 2 aromatic carbocycles. The first-order chi connectivity index (χ1) is 9.90. The lowest BCUT2D eigenvalue weighted by atomic mass is 10.1. The van der Waals surface area contributed by atoms with Gasteiger partial charge in [0.25, 0.3) is 5.91 Å². The fourth-order valence-corrected chi connectivity index (χ4v) is 2.80. The zero-order valence-corrected chi connectivity index (χ0v) is 13.9. The van der Waals surface area contributed by atoms with Crippen LogP contribution in [-0.4, -0.2) is 23.0 Å². The van der Waals surface area contributed by atoms with Crippen molar-refractivity contribution in [2.45, 2.75) is 19.9 Å². The topological polar surface area (TPSA) is 40.5 Å². The Hall–Kier alpha value is -1.81. The van der Waals surface area contributed by atoms with Gasteiger partial charge in [0.05, 0.1) is 11.6 Å².